The molecule has 0 aliphatic carbocycles. The summed E-state index contributed by atoms with van der Waals surface area (Å²) < 4.78 is 5.16. The van der Waals surface area contributed by atoms with Gasteiger partial charge in [0.2, 0.25) is 5.91 Å². The molecule has 2 aliphatic heterocycles. The Morgan fingerprint density at radius 2 is 2.14 bits per heavy atom. The van der Waals surface area contributed by atoms with Gasteiger partial charge in [-0.05, 0) is 32.4 Å². The van der Waals surface area contributed by atoms with Crippen LogP contribution in [0.2, 0.25) is 0 Å². The van der Waals surface area contributed by atoms with Gasteiger partial charge in [0.15, 0.2) is 0 Å². The van der Waals surface area contributed by atoms with Crippen molar-refractivity contribution < 1.29 is 9.53 Å². The van der Waals surface area contributed by atoms with Gasteiger partial charge < -0.3 is 15.0 Å². The first-order valence-corrected chi connectivity index (χ1v) is 8.43. The van der Waals surface area contributed by atoms with E-state index in [2.05, 4.69) is 22.0 Å². The summed E-state index contributed by atoms with van der Waals surface area (Å²) in [6.07, 6.45) is 4.18. The molecule has 1 atom stereocenters. The first-order valence-electron chi connectivity index (χ1n) is 8.43. The molecule has 5 heteroatoms. The molecule has 0 bridgehead atoms. The third kappa shape index (κ3) is 4.18. The Hall–Kier alpha value is -0.650. The largest absolute Gasteiger partial charge is 0.383 e. The summed E-state index contributed by atoms with van der Waals surface area (Å²) in [6, 6.07) is 0. The first kappa shape index (κ1) is 16.7. The molecule has 0 saturated carbocycles. The fourth-order valence-electron chi connectivity index (χ4n) is 3.68. The number of rotatable bonds is 6. The second-order valence-corrected chi connectivity index (χ2v) is 6.44. The molecule has 0 radical (unpaired) electrons. The lowest BCUT2D eigenvalue weighted by Crippen LogP contribution is -2.46. The van der Waals surface area contributed by atoms with Crippen LogP contribution >= 0.6 is 0 Å². The molecular weight excluding hydrogens is 266 g/mol. The molecule has 2 fully saturated rings. The van der Waals surface area contributed by atoms with Crippen LogP contribution in [0.3, 0.4) is 0 Å². The number of methoxy groups -OCH3 is 1. The molecule has 2 rings (SSSR count). The number of nitrogens with one attached hydrogen (secondary N) is 1. The van der Waals surface area contributed by atoms with Gasteiger partial charge in [0.25, 0.3) is 0 Å². The molecule has 0 spiro atoms. The summed E-state index contributed by atoms with van der Waals surface area (Å²) in [5.74, 6) is 0.392. The van der Waals surface area contributed by atoms with Crippen molar-refractivity contribution in [3.05, 3.63) is 0 Å². The van der Waals surface area contributed by atoms with Crippen LogP contribution < -0.4 is 5.32 Å². The van der Waals surface area contributed by atoms with Crippen LogP contribution in [0.4, 0.5) is 0 Å². The highest BCUT2D eigenvalue weighted by atomic mass is 16.5. The zero-order chi connectivity index (χ0) is 15.1. The van der Waals surface area contributed by atoms with Gasteiger partial charge in [-0.2, -0.15) is 0 Å². The van der Waals surface area contributed by atoms with Gasteiger partial charge in [0.05, 0.1) is 12.0 Å². The maximum atomic E-state index is 13.0. The predicted molar refractivity (Wildman–Crippen MR) is 84.3 cm³/mol. The molecular formula is C16H31N3O2. The number of ether oxygens (including phenoxy) is 1. The van der Waals surface area contributed by atoms with E-state index in [-0.39, 0.29) is 5.41 Å². The number of carbonyl (C=O) groups is 1. The molecule has 1 amide bonds. The smallest absolute Gasteiger partial charge is 0.230 e. The fourth-order valence-corrected chi connectivity index (χ4v) is 3.68. The second kappa shape index (κ2) is 8.11. The summed E-state index contributed by atoms with van der Waals surface area (Å²) >= 11 is 0. The van der Waals surface area contributed by atoms with Crippen molar-refractivity contribution in [2.24, 2.45) is 5.41 Å². The number of carbonyl (C=O) groups excluding carboxylic acids is 1. The Balaban J connectivity index is 1.92. The minimum atomic E-state index is -0.129. The van der Waals surface area contributed by atoms with E-state index >= 15 is 0 Å². The second-order valence-electron chi connectivity index (χ2n) is 6.44. The van der Waals surface area contributed by atoms with Gasteiger partial charge in [-0.3, -0.25) is 9.69 Å². The summed E-state index contributed by atoms with van der Waals surface area (Å²) in [6.45, 7) is 9.61. The van der Waals surface area contributed by atoms with E-state index in [1.807, 2.05) is 0 Å². The van der Waals surface area contributed by atoms with E-state index in [4.69, 9.17) is 4.74 Å². The van der Waals surface area contributed by atoms with E-state index in [0.29, 0.717) is 5.91 Å². The highest BCUT2D eigenvalue weighted by Crippen LogP contribution is 2.33. The lowest BCUT2D eigenvalue weighted by molar-refractivity contribution is -0.141. The molecule has 122 valence electrons. The van der Waals surface area contributed by atoms with Crippen molar-refractivity contribution in [2.45, 2.75) is 32.6 Å². The Morgan fingerprint density at radius 1 is 1.29 bits per heavy atom. The lowest BCUT2D eigenvalue weighted by Gasteiger charge is -2.33. The molecule has 1 N–H and O–H groups in total. The van der Waals surface area contributed by atoms with Gasteiger partial charge >= 0.3 is 0 Å². The van der Waals surface area contributed by atoms with Crippen LogP contribution in [0.1, 0.15) is 32.6 Å². The zero-order valence-corrected chi connectivity index (χ0v) is 13.7. The number of nitrogens with zero attached hydrogens (tertiary/aromatic N) is 2. The van der Waals surface area contributed by atoms with Gasteiger partial charge in [0.1, 0.15) is 0 Å². The maximum Gasteiger partial charge on any atom is 0.230 e. The lowest BCUT2D eigenvalue weighted by atomic mass is 9.81. The predicted octanol–water partition coefficient (Wildman–Crippen LogP) is 0.947. The summed E-state index contributed by atoms with van der Waals surface area (Å²) in [7, 11) is 1.75. The summed E-state index contributed by atoms with van der Waals surface area (Å²) in [5, 5.41) is 3.40. The van der Waals surface area contributed by atoms with Gasteiger partial charge in [-0.25, -0.2) is 0 Å². The van der Waals surface area contributed by atoms with Crippen LogP contribution in [-0.4, -0.2) is 75.2 Å². The molecule has 1 unspecified atom stereocenters. The normalized spacial score (nSPS) is 27.8. The molecule has 2 aliphatic rings. The molecule has 0 aromatic carbocycles. The summed E-state index contributed by atoms with van der Waals surface area (Å²) in [5.41, 5.74) is -0.129. The van der Waals surface area contributed by atoms with Crippen molar-refractivity contribution in [3.8, 4) is 0 Å². The SMILES string of the molecule is CCCC1(C(=O)N2CCCN(CCOC)CC2)CCNC1. The number of hydrogen-bond donors (Lipinski definition) is 1. The average Bonchev–Trinajstić information content (AvgIpc) is 2.84. The Labute approximate surface area is 129 Å². The van der Waals surface area contributed by atoms with Crippen molar-refractivity contribution in [3.63, 3.8) is 0 Å². The molecule has 0 aromatic heterocycles. The number of hydrogen-bond acceptors (Lipinski definition) is 4. The molecule has 2 saturated heterocycles. The molecule has 5 nitrogen and oxygen atoms in total. The third-order valence-corrected chi connectivity index (χ3v) is 4.91. The summed E-state index contributed by atoms with van der Waals surface area (Å²) in [4.78, 5) is 17.6. The average molecular weight is 297 g/mol. The van der Waals surface area contributed by atoms with Crippen LogP contribution in [0.5, 0.6) is 0 Å². The zero-order valence-electron chi connectivity index (χ0n) is 13.7. The quantitative estimate of drug-likeness (QED) is 0.793. The van der Waals surface area contributed by atoms with Crippen molar-refractivity contribution in [2.75, 3.05) is 59.5 Å². The van der Waals surface area contributed by atoms with Gasteiger partial charge in [-0.15, -0.1) is 0 Å². The standard InChI is InChI=1S/C16H31N3O2/c1-3-5-16(6-7-17-14-16)15(20)19-9-4-8-18(10-11-19)12-13-21-2/h17H,3-14H2,1-2H3. The first-order chi connectivity index (χ1) is 10.2. The van der Waals surface area contributed by atoms with Gasteiger partial charge in [-0.1, -0.05) is 13.3 Å². The molecule has 21 heavy (non-hydrogen) atoms. The minimum absolute atomic E-state index is 0.129. The van der Waals surface area contributed by atoms with Crippen LogP contribution in [0.25, 0.3) is 0 Å². The van der Waals surface area contributed by atoms with Crippen molar-refractivity contribution >= 4 is 5.91 Å². The molecule has 0 aromatic rings. The van der Waals surface area contributed by atoms with E-state index in [1.54, 1.807) is 7.11 Å². The number of amides is 1. The third-order valence-electron chi connectivity index (χ3n) is 4.91. The van der Waals surface area contributed by atoms with E-state index in [9.17, 15) is 4.79 Å². The Kier molecular flexibility index (Phi) is 6.45. The van der Waals surface area contributed by atoms with Crippen LogP contribution in [0, 0.1) is 5.41 Å². The topological polar surface area (TPSA) is 44.8 Å². The highest BCUT2D eigenvalue weighted by molar-refractivity contribution is 5.83. The highest BCUT2D eigenvalue weighted by Gasteiger charge is 2.42. The van der Waals surface area contributed by atoms with Gasteiger partial charge in [0, 0.05) is 39.8 Å². The van der Waals surface area contributed by atoms with E-state index < -0.39 is 0 Å². The van der Waals surface area contributed by atoms with Crippen molar-refractivity contribution in [1.29, 1.82) is 0 Å². The van der Waals surface area contributed by atoms with Crippen LogP contribution in [0.15, 0.2) is 0 Å². The van der Waals surface area contributed by atoms with E-state index in [0.717, 1.165) is 78.1 Å². The Morgan fingerprint density at radius 3 is 2.81 bits per heavy atom. The Bertz CT molecular complexity index is 329. The monoisotopic (exact) mass is 297 g/mol. The maximum absolute atomic E-state index is 13.0. The minimum Gasteiger partial charge on any atom is -0.383 e. The fraction of sp³-hybridized carbons (Fsp3) is 0.938. The van der Waals surface area contributed by atoms with E-state index in [1.165, 1.54) is 0 Å². The van der Waals surface area contributed by atoms with Crippen molar-refractivity contribution in [1.82, 2.24) is 15.1 Å². The van der Waals surface area contributed by atoms with Crippen LogP contribution in [-0.2, 0) is 9.53 Å². The molecule has 2 heterocycles.